The zero-order valence-electron chi connectivity index (χ0n) is 15.1. The van der Waals surface area contributed by atoms with Crippen LogP contribution in [0.15, 0.2) is 60.8 Å². The number of aliphatic carboxylic acids is 1. The first-order valence-electron chi connectivity index (χ1n) is 8.74. The summed E-state index contributed by atoms with van der Waals surface area (Å²) in [6, 6.07) is 15.1. The van der Waals surface area contributed by atoms with Crippen molar-refractivity contribution in [1.29, 1.82) is 0 Å². The molecule has 138 valence electrons. The molecule has 5 nitrogen and oxygen atoms in total. The molecule has 1 N–H and O–H groups in total. The van der Waals surface area contributed by atoms with E-state index in [9.17, 15) is 9.59 Å². The van der Waals surface area contributed by atoms with Gasteiger partial charge in [0.2, 0.25) is 0 Å². The predicted octanol–water partition coefficient (Wildman–Crippen LogP) is 4.41. The summed E-state index contributed by atoms with van der Waals surface area (Å²) in [6.07, 6.45) is 5.77. The second-order valence-electron chi connectivity index (χ2n) is 6.22. The lowest BCUT2D eigenvalue weighted by Gasteiger charge is -2.03. The molecule has 0 aliphatic carbocycles. The standard InChI is InChI=1S/C22H21NO4/c1-27-17-11-8-16(9-12-17)10-13-21(24)19-15-23(14-4-7-22(25)26)20-6-3-2-5-18(19)20/h2-3,5-6,8-13,15H,4,7,14H2,1H3,(H,25,26). The van der Waals surface area contributed by atoms with Gasteiger partial charge in [-0.15, -0.1) is 0 Å². The van der Waals surface area contributed by atoms with Crippen molar-refractivity contribution in [3.8, 4) is 5.75 Å². The summed E-state index contributed by atoms with van der Waals surface area (Å²) in [4.78, 5) is 23.5. The minimum absolute atomic E-state index is 0.0843. The van der Waals surface area contributed by atoms with Crippen LogP contribution in [0, 0.1) is 0 Å². The molecular formula is C22H21NO4. The highest BCUT2D eigenvalue weighted by molar-refractivity contribution is 6.14. The Morgan fingerprint density at radius 2 is 1.85 bits per heavy atom. The van der Waals surface area contributed by atoms with E-state index in [1.165, 1.54) is 0 Å². The Kier molecular flexibility index (Phi) is 5.71. The Labute approximate surface area is 157 Å². The molecule has 5 heteroatoms. The number of carbonyl (C=O) groups is 2. The molecule has 2 aromatic carbocycles. The summed E-state index contributed by atoms with van der Waals surface area (Å²) in [5, 5.41) is 9.70. The lowest BCUT2D eigenvalue weighted by Crippen LogP contribution is -2.01. The quantitative estimate of drug-likeness (QED) is 0.475. The number of ketones is 1. The minimum Gasteiger partial charge on any atom is -0.497 e. The van der Waals surface area contributed by atoms with E-state index < -0.39 is 5.97 Å². The molecule has 1 heterocycles. The van der Waals surface area contributed by atoms with Gasteiger partial charge in [0, 0.05) is 35.6 Å². The van der Waals surface area contributed by atoms with E-state index in [1.807, 2.05) is 59.3 Å². The summed E-state index contributed by atoms with van der Waals surface area (Å²) in [6.45, 7) is 0.558. The number of carboxylic acids is 1. The third kappa shape index (κ3) is 4.44. The number of para-hydroxylation sites is 1. The van der Waals surface area contributed by atoms with Crippen LogP contribution in [-0.2, 0) is 11.3 Å². The van der Waals surface area contributed by atoms with Crippen molar-refractivity contribution in [2.75, 3.05) is 7.11 Å². The highest BCUT2D eigenvalue weighted by Gasteiger charge is 2.13. The molecule has 0 amide bonds. The molecule has 0 aliphatic heterocycles. The fraction of sp³-hybridized carbons (Fsp3) is 0.182. The second kappa shape index (κ2) is 8.36. The monoisotopic (exact) mass is 363 g/mol. The fourth-order valence-corrected chi connectivity index (χ4v) is 3.01. The molecule has 0 fully saturated rings. The van der Waals surface area contributed by atoms with Gasteiger partial charge >= 0.3 is 5.97 Å². The van der Waals surface area contributed by atoms with Gasteiger partial charge in [-0.2, -0.15) is 0 Å². The average molecular weight is 363 g/mol. The molecule has 0 saturated carbocycles. The highest BCUT2D eigenvalue weighted by atomic mass is 16.5. The van der Waals surface area contributed by atoms with Crippen LogP contribution in [0.3, 0.4) is 0 Å². The number of rotatable bonds is 8. The Morgan fingerprint density at radius 1 is 1.11 bits per heavy atom. The maximum atomic E-state index is 12.7. The zero-order valence-corrected chi connectivity index (χ0v) is 15.1. The van der Waals surface area contributed by atoms with E-state index in [0.717, 1.165) is 22.2 Å². The first kappa shape index (κ1) is 18.5. The molecule has 3 aromatic rings. The van der Waals surface area contributed by atoms with Gasteiger partial charge in [0.15, 0.2) is 5.78 Å². The summed E-state index contributed by atoms with van der Waals surface area (Å²) >= 11 is 0. The molecule has 0 radical (unpaired) electrons. The third-order valence-corrected chi connectivity index (χ3v) is 4.39. The lowest BCUT2D eigenvalue weighted by molar-refractivity contribution is -0.137. The van der Waals surface area contributed by atoms with Gasteiger partial charge in [0.05, 0.1) is 7.11 Å². The van der Waals surface area contributed by atoms with E-state index in [0.29, 0.717) is 18.5 Å². The van der Waals surface area contributed by atoms with Crippen LogP contribution in [0.1, 0.15) is 28.8 Å². The molecule has 0 atom stereocenters. The zero-order chi connectivity index (χ0) is 19.2. The van der Waals surface area contributed by atoms with Crippen molar-refractivity contribution in [3.63, 3.8) is 0 Å². The molecule has 0 saturated heterocycles. The molecule has 0 bridgehead atoms. The van der Waals surface area contributed by atoms with Crippen LogP contribution in [-0.4, -0.2) is 28.5 Å². The van der Waals surface area contributed by atoms with E-state index in [4.69, 9.17) is 9.84 Å². The van der Waals surface area contributed by atoms with Crippen molar-refractivity contribution in [1.82, 2.24) is 4.57 Å². The SMILES string of the molecule is COc1ccc(C=CC(=O)c2cn(CCCC(=O)O)c3ccccc23)cc1. The van der Waals surface area contributed by atoms with E-state index >= 15 is 0 Å². The number of hydrogen-bond donors (Lipinski definition) is 1. The number of carbonyl (C=O) groups excluding carboxylic acids is 1. The van der Waals surface area contributed by atoms with Crippen LogP contribution in [0.2, 0.25) is 0 Å². The first-order valence-corrected chi connectivity index (χ1v) is 8.74. The maximum absolute atomic E-state index is 12.7. The second-order valence-corrected chi connectivity index (χ2v) is 6.22. The van der Waals surface area contributed by atoms with Gasteiger partial charge in [-0.3, -0.25) is 9.59 Å². The number of allylic oxidation sites excluding steroid dienone is 1. The highest BCUT2D eigenvalue weighted by Crippen LogP contribution is 2.23. The summed E-state index contributed by atoms with van der Waals surface area (Å²) in [7, 11) is 1.61. The number of carboxylic acid groups (broad SMARTS) is 1. The van der Waals surface area contributed by atoms with Crippen molar-refractivity contribution >= 4 is 28.7 Å². The van der Waals surface area contributed by atoms with Crippen molar-refractivity contribution in [2.24, 2.45) is 0 Å². The largest absolute Gasteiger partial charge is 0.497 e. The number of benzene rings is 2. The molecule has 1 aromatic heterocycles. The van der Waals surface area contributed by atoms with Gasteiger partial charge in [0.1, 0.15) is 5.75 Å². The van der Waals surface area contributed by atoms with Crippen LogP contribution < -0.4 is 4.74 Å². The number of aryl methyl sites for hydroxylation is 1. The number of methoxy groups -OCH3 is 1. The van der Waals surface area contributed by atoms with Gasteiger partial charge in [-0.05, 0) is 36.3 Å². The van der Waals surface area contributed by atoms with E-state index in [2.05, 4.69) is 0 Å². The minimum atomic E-state index is -0.815. The van der Waals surface area contributed by atoms with Gasteiger partial charge < -0.3 is 14.4 Å². The Hall–Kier alpha value is -3.34. The van der Waals surface area contributed by atoms with E-state index in [1.54, 1.807) is 19.3 Å². The smallest absolute Gasteiger partial charge is 0.303 e. The summed E-state index contributed by atoms with van der Waals surface area (Å²) < 4.78 is 7.08. The number of fused-ring (bicyclic) bond motifs is 1. The van der Waals surface area contributed by atoms with Crippen LogP contribution in [0.5, 0.6) is 5.75 Å². The van der Waals surface area contributed by atoms with Crippen molar-refractivity contribution < 1.29 is 19.4 Å². The molecule has 0 unspecified atom stereocenters. The predicted molar refractivity (Wildman–Crippen MR) is 105 cm³/mol. The molecular weight excluding hydrogens is 342 g/mol. The average Bonchev–Trinajstić information content (AvgIpc) is 3.05. The third-order valence-electron chi connectivity index (χ3n) is 4.39. The van der Waals surface area contributed by atoms with Gasteiger partial charge in [-0.25, -0.2) is 0 Å². The van der Waals surface area contributed by atoms with Crippen molar-refractivity contribution in [3.05, 3.63) is 71.9 Å². The molecule has 0 aliphatic rings. The van der Waals surface area contributed by atoms with Gasteiger partial charge in [0.25, 0.3) is 0 Å². The number of nitrogens with zero attached hydrogens (tertiary/aromatic N) is 1. The Balaban J connectivity index is 1.83. The van der Waals surface area contributed by atoms with Crippen LogP contribution >= 0.6 is 0 Å². The van der Waals surface area contributed by atoms with Gasteiger partial charge in [-0.1, -0.05) is 36.4 Å². The van der Waals surface area contributed by atoms with Crippen LogP contribution in [0.25, 0.3) is 17.0 Å². The summed E-state index contributed by atoms with van der Waals surface area (Å²) in [5.74, 6) is -0.132. The topological polar surface area (TPSA) is 68.5 Å². The molecule has 0 spiro atoms. The summed E-state index contributed by atoms with van der Waals surface area (Å²) in [5.41, 5.74) is 2.46. The number of aromatic nitrogens is 1. The molecule has 3 rings (SSSR count). The lowest BCUT2D eigenvalue weighted by atomic mass is 10.1. The fourth-order valence-electron chi connectivity index (χ4n) is 3.01. The maximum Gasteiger partial charge on any atom is 0.303 e. The Morgan fingerprint density at radius 3 is 2.56 bits per heavy atom. The number of hydrogen-bond acceptors (Lipinski definition) is 3. The van der Waals surface area contributed by atoms with Crippen LogP contribution in [0.4, 0.5) is 0 Å². The first-order chi connectivity index (χ1) is 13.1. The normalized spacial score (nSPS) is 11.1. The van der Waals surface area contributed by atoms with E-state index in [-0.39, 0.29) is 12.2 Å². The Bertz CT molecular complexity index is 983. The molecule has 27 heavy (non-hydrogen) atoms. The number of ether oxygens (including phenoxy) is 1. The van der Waals surface area contributed by atoms with Crippen molar-refractivity contribution in [2.45, 2.75) is 19.4 Å².